The number of ether oxygens (including phenoxy) is 3. The van der Waals surface area contributed by atoms with Gasteiger partial charge in [0, 0.05) is 61.7 Å². The molecule has 0 radical (unpaired) electrons. The summed E-state index contributed by atoms with van der Waals surface area (Å²) in [6.45, 7) is 24.2. The molecule has 2 saturated heterocycles. The van der Waals surface area contributed by atoms with E-state index in [0.717, 1.165) is 114 Å². The van der Waals surface area contributed by atoms with E-state index in [1.54, 1.807) is 12.7 Å². The summed E-state index contributed by atoms with van der Waals surface area (Å²) >= 11 is 0. The average molecular weight is 752 g/mol. The second-order valence-electron chi connectivity index (χ2n) is 13.3. The molecule has 0 saturated carbocycles. The Balaban J connectivity index is 0.000000194. The molecule has 0 spiro atoms. The van der Waals surface area contributed by atoms with E-state index in [0.29, 0.717) is 6.04 Å². The molecule has 55 heavy (non-hydrogen) atoms. The predicted octanol–water partition coefficient (Wildman–Crippen LogP) is 7.30. The molecule has 6 heterocycles. The molecule has 294 valence electrons. The number of morpholine rings is 1. The molecule has 14 heteroatoms. The van der Waals surface area contributed by atoms with Crippen molar-refractivity contribution in [2.24, 2.45) is 0 Å². The third-order valence-corrected chi connectivity index (χ3v) is 8.63. The minimum Gasteiger partial charge on any atom is -0.491 e. The Morgan fingerprint density at radius 2 is 1.15 bits per heavy atom. The highest BCUT2D eigenvalue weighted by Crippen LogP contribution is 2.31. The summed E-state index contributed by atoms with van der Waals surface area (Å²) in [5, 5.41) is 20.5. The van der Waals surface area contributed by atoms with Crippen LogP contribution >= 0.6 is 0 Å². The van der Waals surface area contributed by atoms with E-state index in [-0.39, 0.29) is 12.2 Å². The summed E-state index contributed by atoms with van der Waals surface area (Å²) < 4.78 is 17.0. The van der Waals surface area contributed by atoms with Crippen LogP contribution in [-0.4, -0.2) is 105 Å². The molecular weight excluding hydrogens is 695 g/mol. The second kappa shape index (κ2) is 19.8. The van der Waals surface area contributed by atoms with Crippen molar-refractivity contribution < 1.29 is 14.2 Å². The van der Waals surface area contributed by atoms with E-state index in [9.17, 15) is 0 Å². The topological polar surface area (TPSA) is 155 Å². The molecule has 1 atom stereocenters. The zero-order valence-corrected chi connectivity index (χ0v) is 33.8. The molecule has 2 aromatic carbocycles. The van der Waals surface area contributed by atoms with Gasteiger partial charge in [-0.15, -0.1) is 0 Å². The molecule has 2 aliphatic heterocycles. The fourth-order valence-corrected chi connectivity index (χ4v) is 6.30. The van der Waals surface area contributed by atoms with E-state index >= 15 is 0 Å². The zero-order valence-electron chi connectivity index (χ0n) is 33.8. The van der Waals surface area contributed by atoms with Gasteiger partial charge in [-0.25, -0.2) is 19.9 Å². The van der Waals surface area contributed by atoms with E-state index < -0.39 is 0 Å². The van der Waals surface area contributed by atoms with Crippen molar-refractivity contribution in [3.8, 4) is 34.3 Å². The molecule has 2 aliphatic rings. The molecule has 6 aromatic rings. The van der Waals surface area contributed by atoms with Gasteiger partial charge in [0.05, 0.1) is 47.8 Å². The van der Waals surface area contributed by atoms with Crippen molar-refractivity contribution in [2.75, 3.05) is 55.7 Å². The highest BCUT2D eigenvalue weighted by molar-refractivity contribution is 5.94. The Kier molecular flexibility index (Phi) is 14.7. The quantitative estimate of drug-likeness (QED) is 0.143. The third kappa shape index (κ3) is 10.5. The van der Waals surface area contributed by atoms with Gasteiger partial charge < -0.3 is 29.3 Å². The van der Waals surface area contributed by atoms with Gasteiger partial charge in [-0.1, -0.05) is 27.7 Å². The fraction of sp³-hybridized carbons (Fsp3) is 0.463. The fourth-order valence-electron chi connectivity index (χ4n) is 6.30. The molecule has 0 amide bonds. The molecule has 4 aromatic heterocycles. The first-order chi connectivity index (χ1) is 26.8. The van der Waals surface area contributed by atoms with E-state index in [4.69, 9.17) is 14.2 Å². The summed E-state index contributed by atoms with van der Waals surface area (Å²) in [5.41, 5.74) is 5.16. The zero-order chi connectivity index (χ0) is 39.3. The van der Waals surface area contributed by atoms with Crippen LogP contribution in [0.4, 0.5) is 11.6 Å². The molecule has 8 rings (SSSR count). The first kappa shape index (κ1) is 40.8. The molecule has 1 unspecified atom stereocenters. The van der Waals surface area contributed by atoms with Gasteiger partial charge in [-0.05, 0) is 71.0 Å². The minimum atomic E-state index is 0.125. The van der Waals surface area contributed by atoms with Gasteiger partial charge in [-0.3, -0.25) is 10.2 Å². The van der Waals surface area contributed by atoms with Gasteiger partial charge >= 0.3 is 0 Å². The molecule has 3 N–H and O–H groups in total. The first-order valence-corrected chi connectivity index (χ1v) is 19.6. The van der Waals surface area contributed by atoms with Crippen LogP contribution in [-0.2, 0) is 4.74 Å². The Labute approximate surface area is 324 Å². The van der Waals surface area contributed by atoms with Crippen LogP contribution in [0.5, 0.6) is 11.5 Å². The molecule has 0 bridgehead atoms. The molecular formula is C41H57N11O3. The van der Waals surface area contributed by atoms with E-state index in [2.05, 4.69) is 62.4 Å². The summed E-state index contributed by atoms with van der Waals surface area (Å²) in [6, 6.07) is 16.3. The van der Waals surface area contributed by atoms with Crippen LogP contribution in [0.2, 0.25) is 0 Å². The number of anilines is 2. The maximum atomic E-state index is 5.82. The van der Waals surface area contributed by atoms with Crippen molar-refractivity contribution in [3.63, 3.8) is 0 Å². The number of nitrogens with zero attached hydrogens (tertiary/aromatic N) is 8. The van der Waals surface area contributed by atoms with Crippen LogP contribution in [0.15, 0.2) is 61.2 Å². The highest BCUT2D eigenvalue weighted by atomic mass is 16.5. The number of hydrogen-bond acceptors (Lipinski definition) is 12. The Morgan fingerprint density at radius 3 is 1.62 bits per heavy atom. The van der Waals surface area contributed by atoms with Crippen LogP contribution in [0.1, 0.15) is 62.3 Å². The number of aromatic amines is 2. The van der Waals surface area contributed by atoms with Gasteiger partial charge in [-0.2, -0.15) is 10.2 Å². The molecule has 2 fully saturated rings. The van der Waals surface area contributed by atoms with Crippen molar-refractivity contribution in [3.05, 3.63) is 61.2 Å². The first-order valence-electron chi connectivity index (χ1n) is 19.6. The summed E-state index contributed by atoms with van der Waals surface area (Å²) in [7, 11) is 0. The lowest BCUT2D eigenvalue weighted by Crippen LogP contribution is -2.49. The maximum Gasteiger partial charge on any atom is 0.132 e. The largest absolute Gasteiger partial charge is 0.491 e. The lowest BCUT2D eigenvalue weighted by molar-refractivity contribution is 0.122. The van der Waals surface area contributed by atoms with E-state index in [1.807, 2.05) is 104 Å². The summed E-state index contributed by atoms with van der Waals surface area (Å²) in [6.07, 6.45) is 3.46. The summed E-state index contributed by atoms with van der Waals surface area (Å²) in [4.78, 5) is 22.3. The Hall–Kier alpha value is -5.34. The number of piperazine rings is 1. The van der Waals surface area contributed by atoms with Gasteiger partial charge in [0.1, 0.15) is 47.2 Å². The number of hydrogen-bond donors (Lipinski definition) is 3. The third-order valence-electron chi connectivity index (χ3n) is 8.63. The predicted molar refractivity (Wildman–Crippen MR) is 221 cm³/mol. The minimum absolute atomic E-state index is 0.125. The molecule has 14 nitrogen and oxygen atoms in total. The van der Waals surface area contributed by atoms with Crippen molar-refractivity contribution in [1.29, 1.82) is 0 Å². The maximum absolute atomic E-state index is 5.82. The van der Waals surface area contributed by atoms with Gasteiger partial charge in [0.25, 0.3) is 0 Å². The van der Waals surface area contributed by atoms with Crippen LogP contribution in [0.3, 0.4) is 0 Å². The normalized spacial score (nSPS) is 15.5. The SMILES string of the molecule is CC.CC.CC(C)Oc1ccc2[nH]nc(-c3cc(N4CCOCC4)ncn3)c2c1.CC1CN(c2cc(-c3n[nH]c4ccc(OC(C)C)cc34)ncn2)CCN1. The highest BCUT2D eigenvalue weighted by Gasteiger charge is 2.20. The van der Waals surface area contributed by atoms with E-state index in [1.165, 1.54) is 0 Å². The monoisotopic (exact) mass is 751 g/mol. The van der Waals surface area contributed by atoms with Crippen molar-refractivity contribution >= 4 is 33.4 Å². The number of H-pyrrole nitrogens is 2. The number of benzene rings is 2. The number of nitrogens with one attached hydrogen (secondary N) is 3. The van der Waals surface area contributed by atoms with Crippen molar-refractivity contribution in [1.82, 2.24) is 45.6 Å². The molecule has 0 aliphatic carbocycles. The number of aromatic nitrogens is 8. The summed E-state index contributed by atoms with van der Waals surface area (Å²) in [5.74, 6) is 3.50. The average Bonchev–Trinajstić information content (AvgIpc) is 3.84. The Bertz CT molecular complexity index is 2070. The standard InChI is InChI=1S/C19H24N6O.C18H21N5O2.2C2H6/c1-12(2)26-14-4-5-16-15(8-14)19(24-23-16)17-9-18(22-11-21-17)25-7-6-20-13(3)10-25;1-12(2)25-13-3-4-15-14(9-13)18(22-21-15)16-10-17(20-11-19-16)23-5-7-24-8-6-23;2*1-2/h4-5,8-9,11-13,20H,6-7,10H2,1-3H3,(H,23,24);3-4,9-12H,5-8H2,1-2H3,(H,21,22);2*1-2H3. The van der Waals surface area contributed by atoms with Gasteiger partial charge in [0.2, 0.25) is 0 Å². The Morgan fingerprint density at radius 1 is 0.655 bits per heavy atom. The lowest BCUT2D eigenvalue weighted by Gasteiger charge is -2.32. The second-order valence-corrected chi connectivity index (χ2v) is 13.3. The smallest absolute Gasteiger partial charge is 0.132 e. The van der Waals surface area contributed by atoms with Crippen molar-refractivity contribution in [2.45, 2.75) is 80.6 Å². The van der Waals surface area contributed by atoms with Crippen LogP contribution < -0.4 is 24.6 Å². The van der Waals surface area contributed by atoms with Crippen LogP contribution in [0, 0.1) is 0 Å². The lowest BCUT2D eigenvalue weighted by atomic mass is 10.1. The number of fused-ring (bicyclic) bond motifs is 2. The van der Waals surface area contributed by atoms with Gasteiger partial charge in [0.15, 0.2) is 0 Å². The van der Waals surface area contributed by atoms with Crippen LogP contribution in [0.25, 0.3) is 44.6 Å². The number of rotatable bonds is 8.